The van der Waals surface area contributed by atoms with Crippen LogP contribution in [-0.2, 0) is 0 Å². The molecule has 0 rings (SSSR count). The zero-order valence-corrected chi connectivity index (χ0v) is 7.57. The lowest BCUT2D eigenvalue weighted by Gasteiger charge is -2.15. The molecule has 0 nitrogen and oxygen atoms in total. The van der Waals surface area contributed by atoms with E-state index < -0.39 is 11.8 Å². The van der Waals surface area contributed by atoms with Gasteiger partial charge in [-0.05, 0) is 12.0 Å². The Hall–Kier alpha value is -0.400. The maximum atomic E-state index is 12.8. The molecule has 0 aliphatic carbocycles. The van der Waals surface area contributed by atoms with Gasteiger partial charge in [-0.2, -0.15) is 0 Å². The fraction of sp³-hybridized carbons (Fsp3) is 0.778. The normalized spacial score (nSPS) is 13.8. The predicted octanol–water partition coefficient (Wildman–Crippen LogP) is 3.49. The highest BCUT2D eigenvalue weighted by molar-refractivity contribution is 4.97. The number of rotatable bonds is 3. The highest BCUT2D eigenvalue weighted by Gasteiger charge is 2.29. The molecule has 0 unspecified atom stereocenters. The fourth-order valence-electron chi connectivity index (χ4n) is 0.513. The van der Waals surface area contributed by atoms with Crippen molar-refractivity contribution in [1.29, 1.82) is 0 Å². The molecule has 0 aromatic carbocycles. The van der Waals surface area contributed by atoms with Gasteiger partial charge in [-0.3, -0.25) is 0 Å². The summed E-state index contributed by atoms with van der Waals surface area (Å²) in [4.78, 5) is 0. The van der Waals surface area contributed by atoms with Crippen molar-refractivity contribution in [3.8, 4) is 0 Å². The van der Waals surface area contributed by atoms with Crippen LogP contribution in [0.25, 0.3) is 0 Å². The molecule has 2 heteroatoms. The molecule has 0 saturated heterocycles. The first-order valence-electron chi connectivity index (χ1n) is 3.93. The van der Waals surface area contributed by atoms with E-state index in [1.165, 1.54) is 13.8 Å². The van der Waals surface area contributed by atoms with Gasteiger partial charge in [0.2, 0.25) is 0 Å². The van der Waals surface area contributed by atoms with Gasteiger partial charge in [0.15, 0.2) is 0 Å². The maximum absolute atomic E-state index is 12.8. The zero-order valence-electron chi connectivity index (χ0n) is 7.57. The van der Waals surface area contributed by atoms with E-state index in [0.29, 0.717) is 0 Å². The molecule has 0 aromatic heterocycles. The summed E-state index contributed by atoms with van der Waals surface area (Å²) in [6.45, 7) is 6.80. The van der Waals surface area contributed by atoms with Gasteiger partial charge in [-0.15, -0.1) is 0 Å². The highest BCUT2D eigenvalue weighted by Crippen LogP contribution is 2.25. The van der Waals surface area contributed by atoms with E-state index in [4.69, 9.17) is 0 Å². The average Bonchev–Trinajstić information content (AvgIpc) is 1.84. The van der Waals surface area contributed by atoms with Gasteiger partial charge in [0, 0.05) is 5.92 Å². The topological polar surface area (TPSA) is 0 Å². The molecule has 0 aliphatic rings. The van der Waals surface area contributed by atoms with Crippen LogP contribution in [0.2, 0.25) is 0 Å². The van der Waals surface area contributed by atoms with Gasteiger partial charge in [-0.25, -0.2) is 8.78 Å². The third-order valence-corrected chi connectivity index (χ3v) is 1.47. The van der Waals surface area contributed by atoms with Crippen molar-refractivity contribution in [1.82, 2.24) is 0 Å². The number of hydrogen-bond acceptors (Lipinski definition) is 0. The summed E-state index contributed by atoms with van der Waals surface area (Å²) in [7, 11) is 0. The van der Waals surface area contributed by atoms with Crippen molar-refractivity contribution in [3.05, 3.63) is 12.2 Å². The molecule has 0 N–H and O–H groups in total. The van der Waals surface area contributed by atoms with E-state index in [1.807, 2.05) is 13.8 Å². The first-order valence-corrected chi connectivity index (χ1v) is 3.93. The summed E-state index contributed by atoms with van der Waals surface area (Å²) in [5.74, 6) is -3.07. The standard InChI is InChI=1S/C9H16F2/c1-7(2)5-6-9(10,11)8(3)4/h5-8H,1-4H3/b6-5-. The second-order valence-corrected chi connectivity index (χ2v) is 3.43. The fourth-order valence-corrected chi connectivity index (χ4v) is 0.513. The smallest absolute Gasteiger partial charge is 0.202 e. The summed E-state index contributed by atoms with van der Waals surface area (Å²) in [5, 5.41) is 0. The number of alkyl halides is 2. The van der Waals surface area contributed by atoms with Gasteiger partial charge < -0.3 is 0 Å². The van der Waals surface area contributed by atoms with Gasteiger partial charge >= 0.3 is 0 Å². The number of allylic oxidation sites excluding steroid dienone is 2. The van der Waals surface area contributed by atoms with E-state index in [9.17, 15) is 8.78 Å². The monoisotopic (exact) mass is 162 g/mol. The molecule has 0 amide bonds. The van der Waals surface area contributed by atoms with E-state index in [-0.39, 0.29) is 5.92 Å². The Labute approximate surface area is 67.3 Å². The zero-order chi connectivity index (χ0) is 9.07. The lowest BCUT2D eigenvalue weighted by atomic mass is 10.0. The van der Waals surface area contributed by atoms with Crippen LogP contribution in [0.5, 0.6) is 0 Å². The summed E-state index contributed by atoms with van der Waals surface area (Å²) in [6, 6.07) is 0. The van der Waals surface area contributed by atoms with Crippen LogP contribution in [-0.4, -0.2) is 5.92 Å². The van der Waals surface area contributed by atoms with Crippen molar-refractivity contribution >= 4 is 0 Å². The van der Waals surface area contributed by atoms with Crippen LogP contribution < -0.4 is 0 Å². The Morgan fingerprint density at radius 3 is 1.82 bits per heavy atom. The van der Waals surface area contributed by atoms with E-state index in [0.717, 1.165) is 6.08 Å². The minimum absolute atomic E-state index is 0.194. The highest BCUT2D eigenvalue weighted by atomic mass is 19.3. The van der Waals surface area contributed by atoms with Gasteiger partial charge in [0.1, 0.15) is 0 Å². The third-order valence-electron chi connectivity index (χ3n) is 1.47. The largest absolute Gasteiger partial charge is 0.268 e. The second kappa shape index (κ2) is 3.84. The van der Waals surface area contributed by atoms with E-state index >= 15 is 0 Å². The first kappa shape index (κ1) is 10.6. The van der Waals surface area contributed by atoms with E-state index in [1.54, 1.807) is 6.08 Å². The second-order valence-electron chi connectivity index (χ2n) is 3.43. The Kier molecular flexibility index (Phi) is 3.70. The molecule has 66 valence electrons. The SMILES string of the molecule is CC(C)/C=C\C(F)(F)C(C)C. The molecule has 0 aliphatic heterocycles. The Morgan fingerprint density at radius 2 is 1.55 bits per heavy atom. The van der Waals surface area contributed by atoms with Crippen LogP contribution in [0, 0.1) is 11.8 Å². The summed E-state index contributed by atoms with van der Waals surface area (Å²) in [6.07, 6.45) is 2.54. The molecule has 11 heavy (non-hydrogen) atoms. The molecule has 0 spiro atoms. The van der Waals surface area contributed by atoms with Crippen LogP contribution >= 0.6 is 0 Å². The molecule has 0 aromatic rings. The van der Waals surface area contributed by atoms with Gasteiger partial charge in [0.05, 0.1) is 0 Å². The summed E-state index contributed by atoms with van der Waals surface area (Å²) < 4.78 is 25.6. The molecule has 0 radical (unpaired) electrons. The van der Waals surface area contributed by atoms with Crippen molar-refractivity contribution < 1.29 is 8.78 Å². The van der Waals surface area contributed by atoms with Crippen LogP contribution in [0.4, 0.5) is 8.78 Å². The summed E-state index contributed by atoms with van der Waals surface area (Å²) in [5.41, 5.74) is 0. The Morgan fingerprint density at radius 1 is 1.09 bits per heavy atom. The van der Waals surface area contributed by atoms with Crippen molar-refractivity contribution in [3.63, 3.8) is 0 Å². The third kappa shape index (κ3) is 4.12. The van der Waals surface area contributed by atoms with Gasteiger partial charge in [0.25, 0.3) is 5.92 Å². The van der Waals surface area contributed by atoms with Crippen LogP contribution in [0.3, 0.4) is 0 Å². The minimum atomic E-state index is -2.65. The maximum Gasteiger partial charge on any atom is 0.268 e. The predicted molar refractivity (Wildman–Crippen MR) is 43.8 cm³/mol. The molecule has 0 atom stereocenters. The first-order chi connectivity index (χ1) is 4.86. The van der Waals surface area contributed by atoms with Crippen molar-refractivity contribution in [2.24, 2.45) is 11.8 Å². The van der Waals surface area contributed by atoms with E-state index in [2.05, 4.69) is 0 Å². The molecule has 0 bridgehead atoms. The molecular weight excluding hydrogens is 146 g/mol. The number of halogens is 2. The van der Waals surface area contributed by atoms with Gasteiger partial charge in [-0.1, -0.05) is 33.8 Å². The lowest BCUT2D eigenvalue weighted by Crippen LogP contribution is -2.20. The summed E-state index contributed by atoms with van der Waals surface area (Å²) >= 11 is 0. The van der Waals surface area contributed by atoms with Crippen LogP contribution in [0.15, 0.2) is 12.2 Å². The molecule has 0 fully saturated rings. The molecule has 0 heterocycles. The number of hydrogen-bond donors (Lipinski definition) is 0. The van der Waals surface area contributed by atoms with Crippen molar-refractivity contribution in [2.45, 2.75) is 33.6 Å². The Bertz CT molecular complexity index is 134. The quantitative estimate of drug-likeness (QED) is 0.557. The average molecular weight is 162 g/mol. The molecule has 0 saturated carbocycles. The van der Waals surface area contributed by atoms with Crippen molar-refractivity contribution in [2.75, 3.05) is 0 Å². The lowest BCUT2D eigenvalue weighted by molar-refractivity contribution is 0.00583. The van der Waals surface area contributed by atoms with Crippen LogP contribution in [0.1, 0.15) is 27.7 Å². The minimum Gasteiger partial charge on any atom is -0.202 e. The molecular formula is C9H16F2. The Balaban J connectivity index is 4.11.